The van der Waals surface area contributed by atoms with Gasteiger partial charge in [-0.3, -0.25) is 9.59 Å². The molecule has 1 saturated carbocycles. The van der Waals surface area contributed by atoms with Gasteiger partial charge >= 0.3 is 11.9 Å². The quantitative estimate of drug-likeness (QED) is 0.0918. The Bertz CT molecular complexity index is 1410. The van der Waals surface area contributed by atoms with Gasteiger partial charge in [0.1, 0.15) is 17.5 Å². The number of anilines is 1. The highest BCUT2D eigenvalue weighted by atomic mass is 16.5. The van der Waals surface area contributed by atoms with E-state index in [4.69, 9.17) is 9.47 Å². The van der Waals surface area contributed by atoms with E-state index in [1.165, 1.54) is 19.3 Å². The van der Waals surface area contributed by atoms with Gasteiger partial charge < -0.3 is 25.2 Å². The number of nitrogens with one attached hydrogen (secondary N) is 2. The predicted octanol–water partition coefficient (Wildman–Crippen LogP) is 6.81. The van der Waals surface area contributed by atoms with E-state index < -0.39 is 23.9 Å². The molecule has 0 bridgehead atoms. The molecule has 238 valence electrons. The maximum Gasteiger partial charge on any atom is 0.343 e. The normalized spacial score (nSPS) is 13.5. The molecule has 45 heavy (non-hydrogen) atoms. The smallest absolute Gasteiger partial charge is 0.343 e. The zero-order chi connectivity index (χ0) is 32.0. The minimum atomic E-state index is -1.18. The number of carboxylic acid groups (broad SMARTS) is 1. The van der Waals surface area contributed by atoms with Gasteiger partial charge in [0, 0.05) is 23.6 Å². The van der Waals surface area contributed by atoms with Crippen LogP contribution >= 0.6 is 0 Å². The average molecular weight is 615 g/mol. The van der Waals surface area contributed by atoms with Crippen LogP contribution in [0, 0.1) is 5.92 Å². The Morgan fingerprint density at radius 2 is 1.42 bits per heavy atom. The minimum Gasteiger partial charge on any atom is -0.494 e. The number of carbonyl (C=O) groups excluding carboxylic acids is 3. The number of hydrogen-bond acceptors (Lipinski definition) is 6. The molecular formula is C36H42N2O7. The first-order chi connectivity index (χ1) is 21.8. The van der Waals surface area contributed by atoms with Crippen LogP contribution in [0.3, 0.4) is 0 Å². The van der Waals surface area contributed by atoms with Crippen LogP contribution in [0.5, 0.6) is 11.5 Å². The van der Waals surface area contributed by atoms with E-state index in [1.54, 1.807) is 72.8 Å². The highest BCUT2D eigenvalue weighted by Gasteiger charge is 2.24. The molecule has 4 rings (SSSR count). The second-order valence-corrected chi connectivity index (χ2v) is 11.4. The number of benzene rings is 3. The summed E-state index contributed by atoms with van der Waals surface area (Å²) in [5, 5.41) is 15.2. The largest absolute Gasteiger partial charge is 0.494 e. The molecule has 0 aliphatic heterocycles. The summed E-state index contributed by atoms with van der Waals surface area (Å²) in [5.41, 5.74) is 1.90. The van der Waals surface area contributed by atoms with Gasteiger partial charge in [-0.1, -0.05) is 57.6 Å². The molecule has 0 radical (unpaired) electrons. The van der Waals surface area contributed by atoms with Crippen LogP contribution in [0.4, 0.5) is 5.69 Å². The van der Waals surface area contributed by atoms with Crippen LogP contribution in [0.1, 0.15) is 91.0 Å². The first-order valence-electron chi connectivity index (χ1n) is 15.8. The highest BCUT2D eigenvalue weighted by molar-refractivity contribution is 5.98. The molecule has 1 unspecified atom stereocenters. The number of esters is 1. The van der Waals surface area contributed by atoms with Crippen LogP contribution in [0.2, 0.25) is 0 Å². The lowest BCUT2D eigenvalue weighted by Crippen LogP contribution is -2.42. The summed E-state index contributed by atoms with van der Waals surface area (Å²) in [6, 6.07) is 18.5. The van der Waals surface area contributed by atoms with Crippen molar-refractivity contribution in [2.24, 2.45) is 5.92 Å². The summed E-state index contributed by atoms with van der Waals surface area (Å²) in [5.74, 6) is -1.21. The van der Waals surface area contributed by atoms with Crippen molar-refractivity contribution in [3.8, 4) is 11.5 Å². The SMILES string of the molecule is CCCCCCCOc1ccc(C(=O)Oc2ccc(CC(NC(=O)c3ccc(NC(=O)C4CCCC4)cc3)C(=O)O)cc2)cc1. The van der Waals surface area contributed by atoms with E-state index in [0.29, 0.717) is 34.9 Å². The first kappa shape index (κ1) is 33.2. The number of amides is 2. The lowest BCUT2D eigenvalue weighted by Gasteiger charge is -2.15. The molecule has 1 fully saturated rings. The van der Waals surface area contributed by atoms with Crippen molar-refractivity contribution < 1.29 is 33.8 Å². The maximum absolute atomic E-state index is 12.8. The van der Waals surface area contributed by atoms with Crippen LogP contribution in [-0.4, -0.2) is 41.5 Å². The van der Waals surface area contributed by atoms with Gasteiger partial charge in [0.05, 0.1) is 12.2 Å². The Hall–Kier alpha value is -4.66. The number of ether oxygens (including phenoxy) is 2. The number of carbonyl (C=O) groups is 4. The molecule has 2 amide bonds. The Balaban J connectivity index is 1.24. The monoisotopic (exact) mass is 614 g/mol. The molecule has 9 heteroatoms. The van der Waals surface area contributed by atoms with Gasteiger partial charge in [0.15, 0.2) is 0 Å². The van der Waals surface area contributed by atoms with E-state index in [0.717, 1.165) is 38.5 Å². The molecule has 0 heterocycles. The average Bonchev–Trinajstić information content (AvgIpc) is 3.59. The topological polar surface area (TPSA) is 131 Å². The van der Waals surface area contributed by atoms with Crippen molar-refractivity contribution >= 4 is 29.4 Å². The summed E-state index contributed by atoms with van der Waals surface area (Å²) in [6.45, 7) is 2.82. The predicted molar refractivity (Wildman–Crippen MR) is 172 cm³/mol. The Kier molecular flexibility index (Phi) is 12.5. The van der Waals surface area contributed by atoms with E-state index in [1.807, 2.05) is 0 Å². The zero-order valence-corrected chi connectivity index (χ0v) is 25.8. The maximum atomic E-state index is 12.8. The summed E-state index contributed by atoms with van der Waals surface area (Å²) in [7, 11) is 0. The number of aliphatic carboxylic acids is 1. The van der Waals surface area contributed by atoms with E-state index >= 15 is 0 Å². The van der Waals surface area contributed by atoms with E-state index in [2.05, 4.69) is 17.6 Å². The number of hydrogen-bond donors (Lipinski definition) is 3. The van der Waals surface area contributed by atoms with Crippen LogP contribution in [-0.2, 0) is 16.0 Å². The number of rotatable bonds is 16. The van der Waals surface area contributed by atoms with Crippen molar-refractivity contribution in [2.75, 3.05) is 11.9 Å². The van der Waals surface area contributed by atoms with Gasteiger partial charge in [-0.15, -0.1) is 0 Å². The Labute approximate surface area is 264 Å². The van der Waals surface area contributed by atoms with Crippen molar-refractivity contribution in [2.45, 2.75) is 77.2 Å². The number of unbranched alkanes of at least 4 members (excludes halogenated alkanes) is 4. The number of carboxylic acids is 1. The van der Waals surface area contributed by atoms with Crippen molar-refractivity contribution in [1.29, 1.82) is 0 Å². The fourth-order valence-electron chi connectivity index (χ4n) is 5.26. The zero-order valence-electron chi connectivity index (χ0n) is 25.8. The van der Waals surface area contributed by atoms with Crippen molar-refractivity contribution in [3.05, 3.63) is 89.5 Å². The third-order valence-electron chi connectivity index (χ3n) is 7.92. The first-order valence-corrected chi connectivity index (χ1v) is 15.8. The molecule has 0 aromatic heterocycles. The molecule has 1 aliphatic rings. The molecule has 9 nitrogen and oxygen atoms in total. The second kappa shape index (κ2) is 17.0. The standard InChI is InChI=1S/C36H42N2O7/c1-2-3-4-5-8-23-44-30-21-15-28(16-22-30)36(43)45-31-19-11-25(12-20-31)24-32(35(41)42)38-34(40)27-13-17-29(18-14-27)37-33(39)26-9-6-7-10-26/h11-22,26,32H,2-10,23-24H2,1H3,(H,37,39)(H,38,40)(H,41,42). The Morgan fingerprint density at radius 1 is 0.800 bits per heavy atom. The molecule has 0 spiro atoms. The van der Waals surface area contributed by atoms with Crippen LogP contribution < -0.4 is 20.1 Å². The van der Waals surface area contributed by atoms with E-state index in [-0.39, 0.29) is 23.8 Å². The fourth-order valence-corrected chi connectivity index (χ4v) is 5.26. The van der Waals surface area contributed by atoms with Crippen molar-refractivity contribution in [3.63, 3.8) is 0 Å². The summed E-state index contributed by atoms with van der Waals surface area (Å²) in [4.78, 5) is 49.7. The molecule has 0 saturated heterocycles. The molecule has 1 aliphatic carbocycles. The summed E-state index contributed by atoms with van der Waals surface area (Å²) in [6.07, 6.45) is 9.72. The lowest BCUT2D eigenvalue weighted by atomic mass is 10.0. The van der Waals surface area contributed by atoms with Gasteiger partial charge in [0.2, 0.25) is 5.91 Å². The molecule has 3 aromatic carbocycles. The molecular weight excluding hydrogens is 572 g/mol. The van der Waals surface area contributed by atoms with Crippen LogP contribution in [0.15, 0.2) is 72.8 Å². The summed E-state index contributed by atoms with van der Waals surface area (Å²) < 4.78 is 11.2. The Morgan fingerprint density at radius 3 is 2.07 bits per heavy atom. The van der Waals surface area contributed by atoms with E-state index in [9.17, 15) is 24.3 Å². The summed E-state index contributed by atoms with van der Waals surface area (Å²) >= 11 is 0. The molecule has 3 N–H and O–H groups in total. The lowest BCUT2D eigenvalue weighted by molar-refractivity contribution is -0.139. The molecule has 1 atom stereocenters. The van der Waals surface area contributed by atoms with Crippen LogP contribution in [0.25, 0.3) is 0 Å². The van der Waals surface area contributed by atoms with Crippen molar-refractivity contribution in [1.82, 2.24) is 5.32 Å². The van der Waals surface area contributed by atoms with Gasteiger partial charge in [-0.05, 0) is 85.5 Å². The third kappa shape index (κ3) is 10.5. The van der Waals surface area contributed by atoms with Gasteiger partial charge in [-0.2, -0.15) is 0 Å². The molecule has 3 aromatic rings. The third-order valence-corrected chi connectivity index (χ3v) is 7.92. The fraction of sp³-hybridized carbons (Fsp3) is 0.389. The highest BCUT2D eigenvalue weighted by Crippen LogP contribution is 2.26. The minimum absolute atomic E-state index is 0.0146. The van der Waals surface area contributed by atoms with Gasteiger partial charge in [-0.25, -0.2) is 9.59 Å². The van der Waals surface area contributed by atoms with Gasteiger partial charge in [0.25, 0.3) is 5.91 Å². The second-order valence-electron chi connectivity index (χ2n) is 11.4.